The minimum Gasteiger partial charge on any atom is -0.363 e. The summed E-state index contributed by atoms with van der Waals surface area (Å²) in [5.41, 5.74) is 4.39. The topological polar surface area (TPSA) is 37.0 Å². The summed E-state index contributed by atoms with van der Waals surface area (Å²) in [5, 5.41) is 8.92. The molecule has 5 heteroatoms. The van der Waals surface area contributed by atoms with Crippen LogP contribution in [0.1, 0.15) is 50.5 Å². The number of hydrogen-bond acceptors (Lipinski definition) is 3. The van der Waals surface area contributed by atoms with Crippen molar-refractivity contribution in [3.8, 4) is 0 Å². The molecule has 2 aromatic carbocycles. The van der Waals surface area contributed by atoms with E-state index in [1.165, 1.54) is 30.9 Å². The van der Waals surface area contributed by atoms with Crippen molar-refractivity contribution >= 4 is 33.9 Å². The van der Waals surface area contributed by atoms with Crippen LogP contribution in [0.25, 0.3) is 10.9 Å². The van der Waals surface area contributed by atoms with Gasteiger partial charge < -0.3 is 10.6 Å². The molecule has 5 rings (SSSR count). The van der Waals surface area contributed by atoms with Crippen LogP contribution in [0.2, 0.25) is 5.02 Å². The molecule has 1 fully saturated rings. The summed E-state index contributed by atoms with van der Waals surface area (Å²) in [6, 6.07) is 13.0. The van der Waals surface area contributed by atoms with E-state index in [1.54, 1.807) is 12.1 Å². The van der Waals surface area contributed by atoms with E-state index < -0.39 is 0 Å². The first-order chi connectivity index (χ1) is 14.6. The number of rotatable bonds is 4. The minimum absolute atomic E-state index is 0.182. The number of halogens is 2. The zero-order valence-electron chi connectivity index (χ0n) is 17.2. The summed E-state index contributed by atoms with van der Waals surface area (Å²) in [6.07, 6.45) is 8.08. The molecule has 0 bridgehead atoms. The first-order valence-electron chi connectivity index (χ1n) is 10.9. The summed E-state index contributed by atoms with van der Waals surface area (Å²) < 4.78 is 13.8. The van der Waals surface area contributed by atoms with Gasteiger partial charge in [0.25, 0.3) is 0 Å². The van der Waals surface area contributed by atoms with Crippen LogP contribution in [0.5, 0.6) is 0 Å². The van der Waals surface area contributed by atoms with E-state index in [1.807, 2.05) is 24.4 Å². The van der Waals surface area contributed by atoms with E-state index in [2.05, 4.69) is 28.6 Å². The molecule has 2 heterocycles. The normalized spacial score (nSPS) is 24.2. The van der Waals surface area contributed by atoms with Gasteiger partial charge in [0.15, 0.2) is 0 Å². The Balaban J connectivity index is 1.20. The van der Waals surface area contributed by atoms with Gasteiger partial charge in [0, 0.05) is 16.6 Å². The molecule has 2 N–H and O–H groups in total. The molecule has 156 valence electrons. The SMILES string of the molecule is CC(CC1CCC(c2ccnc3ccc(F)cc23)CC1)C1Nc2ccc(Cl)cc2N1. The highest BCUT2D eigenvalue weighted by Crippen LogP contribution is 2.41. The highest BCUT2D eigenvalue weighted by atomic mass is 35.5. The van der Waals surface area contributed by atoms with Crippen LogP contribution in [0.15, 0.2) is 48.7 Å². The van der Waals surface area contributed by atoms with Crippen LogP contribution >= 0.6 is 11.6 Å². The summed E-state index contributed by atoms with van der Waals surface area (Å²) in [5.74, 6) is 1.57. The number of nitrogens with zero attached hydrogens (tertiary/aromatic N) is 1. The maximum atomic E-state index is 13.8. The molecular formula is C25H27ClFN3. The minimum atomic E-state index is -0.182. The second kappa shape index (κ2) is 8.07. The smallest absolute Gasteiger partial charge is 0.123 e. The Kier molecular flexibility index (Phi) is 5.28. The fourth-order valence-electron chi connectivity index (χ4n) is 5.28. The van der Waals surface area contributed by atoms with Gasteiger partial charge in [-0.1, -0.05) is 18.5 Å². The molecule has 3 aromatic rings. The Bertz CT molecular complexity index is 1060. The van der Waals surface area contributed by atoms with Crippen molar-refractivity contribution in [2.45, 2.75) is 51.1 Å². The predicted molar refractivity (Wildman–Crippen MR) is 123 cm³/mol. The van der Waals surface area contributed by atoms with Gasteiger partial charge in [-0.2, -0.15) is 0 Å². The molecule has 0 radical (unpaired) electrons. The molecule has 2 unspecified atom stereocenters. The summed E-state index contributed by atoms with van der Waals surface area (Å²) in [6.45, 7) is 2.32. The lowest BCUT2D eigenvalue weighted by Crippen LogP contribution is -2.32. The lowest BCUT2D eigenvalue weighted by molar-refractivity contribution is 0.270. The Hall–Kier alpha value is -2.33. The van der Waals surface area contributed by atoms with Gasteiger partial charge in [-0.05, 0) is 97.9 Å². The number of benzene rings is 2. The fourth-order valence-corrected chi connectivity index (χ4v) is 5.46. The van der Waals surface area contributed by atoms with Gasteiger partial charge >= 0.3 is 0 Å². The zero-order chi connectivity index (χ0) is 20.7. The van der Waals surface area contributed by atoms with Gasteiger partial charge in [-0.3, -0.25) is 4.98 Å². The van der Waals surface area contributed by atoms with Gasteiger partial charge in [-0.15, -0.1) is 0 Å². The molecule has 1 aliphatic carbocycles. The van der Waals surface area contributed by atoms with Crippen molar-refractivity contribution in [2.24, 2.45) is 11.8 Å². The second-order valence-corrected chi connectivity index (χ2v) is 9.38. The summed E-state index contributed by atoms with van der Waals surface area (Å²) in [4.78, 5) is 4.41. The Labute approximate surface area is 182 Å². The Morgan fingerprint density at radius 1 is 1.03 bits per heavy atom. The van der Waals surface area contributed by atoms with Crippen LogP contribution in [0.3, 0.4) is 0 Å². The van der Waals surface area contributed by atoms with E-state index >= 15 is 0 Å². The van der Waals surface area contributed by atoms with Crippen molar-refractivity contribution in [1.82, 2.24) is 4.98 Å². The van der Waals surface area contributed by atoms with Crippen molar-refractivity contribution in [3.05, 3.63) is 65.1 Å². The molecule has 0 spiro atoms. The van der Waals surface area contributed by atoms with E-state index in [0.29, 0.717) is 11.8 Å². The first-order valence-corrected chi connectivity index (χ1v) is 11.3. The molecule has 0 saturated heterocycles. The number of pyridine rings is 1. The van der Waals surface area contributed by atoms with Crippen molar-refractivity contribution in [3.63, 3.8) is 0 Å². The number of fused-ring (bicyclic) bond motifs is 2. The molecule has 30 heavy (non-hydrogen) atoms. The standard InChI is InChI=1S/C25H27ClFN3/c1-15(25-29-23-8-6-18(26)13-24(23)30-25)12-16-2-4-17(5-3-16)20-10-11-28-22-9-7-19(27)14-21(20)22/h6-11,13-17,25,29-30H,2-5,12H2,1H3. The van der Waals surface area contributed by atoms with Crippen LogP contribution in [0.4, 0.5) is 15.8 Å². The third-order valence-electron chi connectivity index (χ3n) is 6.90. The summed E-state index contributed by atoms with van der Waals surface area (Å²) in [7, 11) is 0. The molecule has 3 nitrogen and oxygen atoms in total. The highest BCUT2D eigenvalue weighted by molar-refractivity contribution is 6.31. The average molecular weight is 424 g/mol. The molecule has 2 aliphatic rings. The van der Waals surface area contributed by atoms with Crippen LogP contribution in [0, 0.1) is 17.7 Å². The first kappa shape index (κ1) is 19.6. The highest BCUT2D eigenvalue weighted by Gasteiger charge is 2.29. The maximum Gasteiger partial charge on any atom is 0.123 e. The monoisotopic (exact) mass is 423 g/mol. The van der Waals surface area contributed by atoms with Crippen molar-refractivity contribution < 1.29 is 4.39 Å². The molecule has 1 aliphatic heterocycles. The molecule has 0 amide bonds. The van der Waals surface area contributed by atoms with Crippen LogP contribution < -0.4 is 10.6 Å². The number of aromatic nitrogens is 1. The fraction of sp³-hybridized carbons (Fsp3) is 0.400. The molecule has 1 aromatic heterocycles. The lowest BCUT2D eigenvalue weighted by Gasteiger charge is -2.32. The average Bonchev–Trinajstić information content (AvgIpc) is 3.17. The number of anilines is 2. The van der Waals surface area contributed by atoms with E-state index in [0.717, 1.165) is 46.1 Å². The van der Waals surface area contributed by atoms with E-state index in [4.69, 9.17) is 11.6 Å². The van der Waals surface area contributed by atoms with Crippen molar-refractivity contribution in [1.29, 1.82) is 0 Å². The molecule has 2 atom stereocenters. The van der Waals surface area contributed by atoms with Gasteiger partial charge in [-0.25, -0.2) is 4.39 Å². The van der Waals surface area contributed by atoms with Crippen LogP contribution in [-0.4, -0.2) is 11.1 Å². The molecular weight excluding hydrogens is 397 g/mol. The van der Waals surface area contributed by atoms with E-state index in [-0.39, 0.29) is 12.0 Å². The Morgan fingerprint density at radius 3 is 2.67 bits per heavy atom. The lowest BCUT2D eigenvalue weighted by atomic mass is 9.75. The van der Waals surface area contributed by atoms with Crippen molar-refractivity contribution in [2.75, 3.05) is 10.6 Å². The predicted octanol–water partition coefficient (Wildman–Crippen LogP) is 7.19. The summed E-state index contributed by atoms with van der Waals surface area (Å²) >= 11 is 6.12. The molecule has 1 saturated carbocycles. The number of nitrogens with one attached hydrogen (secondary N) is 2. The van der Waals surface area contributed by atoms with Gasteiger partial charge in [0.2, 0.25) is 0 Å². The maximum absolute atomic E-state index is 13.8. The Morgan fingerprint density at radius 2 is 1.83 bits per heavy atom. The largest absolute Gasteiger partial charge is 0.363 e. The van der Waals surface area contributed by atoms with Gasteiger partial charge in [0.05, 0.1) is 23.1 Å². The third-order valence-corrected chi connectivity index (χ3v) is 7.14. The van der Waals surface area contributed by atoms with E-state index in [9.17, 15) is 4.39 Å². The zero-order valence-corrected chi connectivity index (χ0v) is 17.9. The number of hydrogen-bond donors (Lipinski definition) is 2. The third kappa shape index (κ3) is 3.85. The quantitative estimate of drug-likeness (QED) is 0.466. The van der Waals surface area contributed by atoms with Crippen LogP contribution in [-0.2, 0) is 0 Å². The second-order valence-electron chi connectivity index (χ2n) is 8.95. The van der Waals surface area contributed by atoms with Gasteiger partial charge in [0.1, 0.15) is 5.82 Å².